The number of hydrogen-bond donors (Lipinski definition) is 1. The van der Waals surface area contributed by atoms with Crippen molar-refractivity contribution in [1.29, 1.82) is 0 Å². The number of fused-ring (bicyclic) bond motifs is 1. The van der Waals surface area contributed by atoms with Crippen LogP contribution in [0.5, 0.6) is 11.5 Å². The van der Waals surface area contributed by atoms with Crippen molar-refractivity contribution in [2.24, 2.45) is 0 Å². The van der Waals surface area contributed by atoms with E-state index in [1.807, 2.05) is 24.3 Å². The van der Waals surface area contributed by atoms with E-state index in [1.165, 1.54) is 12.3 Å². The number of ether oxygens (including phenoxy) is 1. The number of aromatic hydroxyl groups is 1. The second kappa shape index (κ2) is 7.17. The van der Waals surface area contributed by atoms with Crippen molar-refractivity contribution in [2.75, 3.05) is 7.11 Å². The van der Waals surface area contributed by atoms with E-state index in [4.69, 9.17) is 4.74 Å². The Morgan fingerprint density at radius 1 is 1.16 bits per heavy atom. The first-order valence-electron chi connectivity index (χ1n) is 7.97. The molecule has 128 valence electrons. The topological polar surface area (TPSA) is 85.5 Å². The lowest BCUT2D eigenvalue weighted by Crippen LogP contribution is -1.97. The number of nitro groups is 1. The number of phenols is 1. The van der Waals surface area contributed by atoms with Gasteiger partial charge in [0, 0.05) is 17.8 Å². The minimum atomic E-state index is -0.437. The summed E-state index contributed by atoms with van der Waals surface area (Å²) in [5.74, 6) is 0.833. The zero-order chi connectivity index (χ0) is 17.8. The summed E-state index contributed by atoms with van der Waals surface area (Å²) in [5, 5.41) is 22.1. The van der Waals surface area contributed by atoms with Gasteiger partial charge >= 0.3 is 0 Å². The van der Waals surface area contributed by atoms with Gasteiger partial charge in [0.2, 0.25) is 0 Å². The highest BCUT2D eigenvalue weighted by Gasteiger charge is 2.19. The number of para-hydroxylation sites is 1. The van der Waals surface area contributed by atoms with Crippen LogP contribution in [0, 0.1) is 10.1 Å². The van der Waals surface area contributed by atoms with Crippen LogP contribution < -0.4 is 4.74 Å². The van der Waals surface area contributed by atoms with E-state index >= 15 is 0 Å². The highest BCUT2D eigenvalue weighted by atomic mass is 16.6. The molecular weight excluding hydrogens is 320 g/mol. The van der Waals surface area contributed by atoms with Gasteiger partial charge in [0.25, 0.3) is 5.69 Å². The third kappa shape index (κ3) is 3.38. The molecule has 0 unspecified atom stereocenters. The third-order valence-corrected chi connectivity index (χ3v) is 4.20. The van der Waals surface area contributed by atoms with E-state index in [1.54, 1.807) is 19.2 Å². The number of non-ortho nitro benzene ring substituents is 1. The van der Waals surface area contributed by atoms with Gasteiger partial charge in [0.15, 0.2) is 0 Å². The molecule has 0 spiro atoms. The fourth-order valence-electron chi connectivity index (χ4n) is 2.98. The van der Waals surface area contributed by atoms with Crippen molar-refractivity contribution >= 4 is 16.6 Å². The molecule has 0 fully saturated rings. The minimum absolute atomic E-state index is 0.0150. The lowest BCUT2D eigenvalue weighted by molar-refractivity contribution is -0.383. The van der Waals surface area contributed by atoms with Crippen LogP contribution >= 0.6 is 0 Å². The van der Waals surface area contributed by atoms with Crippen LogP contribution in [-0.4, -0.2) is 22.1 Å². The number of phenolic OH excluding ortho intramolecular Hbond substituents is 1. The summed E-state index contributed by atoms with van der Waals surface area (Å²) in [6.07, 6.45) is 3.50. The van der Waals surface area contributed by atoms with Gasteiger partial charge < -0.3 is 9.84 Å². The zero-order valence-electron chi connectivity index (χ0n) is 13.8. The number of hydrogen-bond acceptors (Lipinski definition) is 5. The van der Waals surface area contributed by atoms with Gasteiger partial charge in [0.05, 0.1) is 17.4 Å². The van der Waals surface area contributed by atoms with E-state index in [2.05, 4.69) is 4.98 Å². The number of nitrogens with zero attached hydrogens (tertiary/aromatic N) is 2. The molecule has 1 aromatic heterocycles. The largest absolute Gasteiger partial charge is 0.505 e. The van der Waals surface area contributed by atoms with Crippen LogP contribution in [0.4, 0.5) is 5.69 Å². The molecule has 0 aliphatic heterocycles. The standard InChI is InChI=1S/C19H18N2O4/c1-25-17-10-3-2-6-13(17)7-4-8-14-12-16(21(23)24)15-9-5-11-20-18(15)19(14)22/h2-3,5-6,9-12,22H,4,7-8H2,1H3. The van der Waals surface area contributed by atoms with E-state index in [9.17, 15) is 15.2 Å². The van der Waals surface area contributed by atoms with Gasteiger partial charge in [0.1, 0.15) is 17.0 Å². The number of aryl methyl sites for hydroxylation is 2. The van der Waals surface area contributed by atoms with E-state index in [-0.39, 0.29) is 17.0 Å². The van der Waals surface area contributed by atoms with Crippen molar-refractivity contribution in [3.63, 3.8) is 0 Å². The monoisotopic (exact) mass is 338 g/mol. The maximum Gasteiger partial charge on any atom is 0.279 e. The smallest absolute Gasteiger partial charge is 0.279 e. The summed E-state index contributed by atoms with van der Waals surface area (Å²) in [7, 11) is 1.63. The average molecular weight is 338 g/mol. The van der Waals surface area contributed by atoms with Crippen molar-refractivity contribution in [3.8, 4) is 11.5 Å². The molecule has 0 amide bonds. The van der Waals surface area contributed by atoms with Gasteiger partial charge in [-0.1, -0.05) is 18.2 Å². The Bertz CT molecular complexity index is 924. The quantitative estimate of drug-likeness (QED) is 0.542. The van der Waals surface area contributed by atoms with E-state index in [0.717, 1.165) is 24.2 Å². The molecule has 0 bridgehead atoms. The molecule has 0 aliphatic carbocycles. The number of nitro benzene ring substituents is 1. The van der Waals surface area contributed by atoms with E-state index < -0.39 is 4.92 Å². The van der Waals surface area contributed by atoms with Crippen LogP contribution in [-0.2, 0) is 12.8 Å². The first-order chi connectivity index (χ1) is 12.1. The summed E-state index contributed by atoms with van der Waals surface area (Å²) < 4.78 is 5.33. The second-order valence-electron chi connectivity index (χ2n) is 5.73. The minimum Gasteiger partial charge on any atom is -0.505 e. The fraction of sp³-hybridized carbons (Fsp3) is 0.211. The average Bonchev–Trinajstić information content (AvgIpc) is 2.64. The van der Waals surface area contributed by atoms with Gasteiger partial charge in [-0.05, 0) is 43.0 Å². The van der Waals surface area contributed by atoms with Gasteiger partial charge in [-0.25, -0.2) is 0 Å². The number of rotatable bonds is 6. The van der Waals surface area contributed by atoms with Crippen LogP contribution in [0.15, 0.2) is 48.7 Å². The molecule has 1 N–H and O–H groups in total. The van der Waals surface area contributed by atoms with Gasteiger partial charge in [-0.15, -0.1) is 0 Å². The molecule has 0 atom stereocenters. The van der Waals surface area contributed by atoms with Crippen LogP contribution in [0.2, 0.25) is 0 Å². The summed E-state index contributed by atoms with van der Waals surface area (Å²) in [4.78, 5) is 15.0. The highest BCUT2D eigenvalue weighted by Crippen LogP contribution is 2.35. The molecule has 1 heterocycles. The van der Waals surface area contributed by atoms with Crippen molar-refractivity contribution in [3.05, 3.63) is 69.9 Å². The Morgan fingerprint density at radius 2 is 1.92 bits per heavy atom. The number of pyridine rings is 1. The third-order valence-electron chi connectivity index (χ3n) is 4.20. The van der Waals surface area contributed by atoms with Gasteiger partial charge in [-0.2, -0.15) is 0 Å². The summed E-state index contributed by atoms with van der Waals surface area (Å²) in [5.41, 5.74) is 1.84. The first-order valence-corrected chi connectivity index (χ1v) is 7.97. The maximum absolute atomic E-state index is 11.3. The molecule has 0 saturated heterocycles. The molecule has 3 rings (SSSR count). The maximum atomic E-state index is 11.3. The summed E-state index contributed by atoms with van der Waals surface area (Å²) >= 11 is 0. The second-order valence-corrected chi connectivity index (χ2v) is 5.73. The fourth-order valence-corrected chi connectivity index (χ4v) is 2.98. The normalized spacial score (nSPS) is 10.8. The predicted octanol–water partition coefficient (Wildman–Crippen LogP) is 4.03. The zero-order valence-corrected chi connectivity index (χ0v) is 13.8. The molecule has 2 aromatic carbocycles. The molecular formula is C19H18N2O4. The number of methoxy groups -OCH3 is 1. The van der Waals surface area contributed by atoms with Crippen LogP contribution in [0.25, 0.3) is 10.9 Å². The Hall–Kier alpha value is -3.15. The molecule has 6 nitrogen and oxygen atoms in total. The lowest BCUT2D eigenvalue weighted by atomic mass is 10.00. The van der Waals surface area contributed by atoms with Crippen molar-refractivity contribution in [1.82, 2.24) is 4.98 Å². The van der Waals surface area contributed by atoms with Crippen molar-refractivity contribution < 1.29 is 14.8 Å². The Labute approximate surface area is 144 Å². The highest BCUT2D eigenvalue weighted by molar-refractivity contribution is 5.93. The Morgan fingerprint density at radius 3 is 2.68 bits per heavy atom. The Balaban J connectivity index is 1.86. The molecule has 0 radical (unpaired) electrons. The molecule has 3 aromatic rings. The summed E-state index contributed by atoms with van der Waals surface area (Å²) in [6, 6.07) is 12.4. The van der Waals surface area contributed by atoms with E-state index in [0.29, 0.717) is 17.4 Å². The lowest BCUT2D eigenvalue weighted by Gasteiger charge is -2.10. The molecule has 25 heavy (non-hydrogen) atoms. The summed E-state index contributed by atoms with van der Waals surface area (Å²) in [6.45, 7) is 0. The SMILES string of the molecule is COc1ccccc1CCCc1cc([N+](=O)[O-])c2cccnc2c1O. The number of benzene rings is 2. The van der Waals surface area contributed by atoms with Crippen molar-refractivity contribution in [2.45, 2.75) is 19.3 Å². The van der Waals surface area contributed by atoms with Crippen LogP contribution in [0.3, 0.4) is 0 Å². The number of aromatic nitrogens is 1. The van der Waals surface area contributed by atoms with Gasteiger partial charge in [-0.3, -0.25) is 15.1 Å². The Kier molecular flexibility index (Phi) is 4.79. The molecule has 6 heteroatoms. The van der Waals surface area contributed by atoms with Crippen LogP contribution in [0.1, 0.15) is 17.5 Å². The first kappa shape index (κ1) is 16.7. The molecule has 0 aliphatic rings. The predicted molar refractivity (Wildman–Crippen MR) is 95.1 cm³/mol. The molecule has 0 saturated carbocycles.